The minimum atomic E-state index is -3.35. The Bertz CT molecular complexity index is 3330. The second-order valence-electron chi connectivity index (χ2n) is 28.9. The van der Waals surface area contributed by atoms with Crippen molar-refractivity contribution < 1.29 is 28.8 Å². The fourth-order valence-corrected chi connectivity index (χ4v) is 64.8. The Hall–Kier alpha value is -4.13. The first-order chi connectivity index (χ1) is 42.6. The van der Waals surface area contributed by atoms with Gasteiger partial charge in [0.15, 0.2) is 58.9 Å². The molecule has 8 aromatic carbocycles. The summed E-state index contributed by atoms with van der Waals surface area (Å²) in [5, 5.41) is 9.75. The molecule has 3 unspecified atom stereocenters. The van der Waals surface area contributed by atoms with Crippen LogP contribution in [0.25, 0.3) is 0 Å². The van der Waals surface area contributed by atoms with Gasteiger partial charge in [-0.3, -0.25) is 0 Å². The van der Waals surface area contributed by atoms with E-state index in [9.17, 15) is 0 Å². The van der Waals surface area contributed by atoms with Gasteiger partial charge in [0.1, 0.15) is 0 Å². The maximum Gasteiger partial charge on any atom is 0.386 e. The SMILES string of the molecule is CC(CC[Si](C)(C)O[Si](O[Si](C)(C)CC[Si](C)(C)O[Si](O[Si]1(C)CC1CC[Si](C)(C)O[Si](O[SiH](C)C)(c1ccccc1)c1ccccc1)(c1ccccc1)c1ccccc1)(c1ccccc1)c1ccccc1)[Si](C)(C)O[Si](C)(c1ccccc1)c1ccccc1. The molecule has 3 atom stereocenters. The average molecular weight is 1390 g/mol. The summed E-state index contributed by atoms with van der Waals surface area (Å²) in [6.45, 7) is 36.3. The molecule has 1 saturated heterocycles. The Morgan fingerprint density at radius 2 is 0.644 bits per heavy atom. The number of hydrogen-bond acceptors (Lipinski definition) is 7. The molecule has 0 radical (unpaired) electrons. The van der Waals surface area contributed by atoms with E-state index in [0.29, 0.717) is 11.1 Å². The molecule has 0 aliphatic carbocycles. The van der Waals surface area contributed by atoms with Crippen LogP contribution in [0.2, 0.25) is 133 Å². The van der Waals surface area contributed by atoms with Gasteiger partial charge in [-0.15, -0.1) is 0 Å². The summed E-state index contributed by atoms with van der Waals surface area (Å²) in [5.74, 6) is 0. The molecule has 0 bridgehead atoms. The summed E-state index contributed by atoms with van der Waals surface area (Å²) in [4.78, 5) is 0. The van der Waals surface area contributed by atoms with Crippen LogP contribution in [0.5, 0.6) is 0 Å². The van der Waals surface area contributed by atoms with Crippen LogP contribution in [0.3, 0.4) is 0 Å². The molecule has 0 N–H and O–H groups in total. The normalized spacial score (nSPS) is 16.7. The standard InChI is InChI=1S/C72H102O7Si11/c1-63(85(12,13)78-87(15,64-40-24-16-25-41-64)65-42-26-17-27-43-65)56-58-81(4,5)75-89(68-48-32-20-33-49-68,69-50-34-21-35-51-69)76-83(8,9)60-61-84(10,11)77-90(70-52-36-22-37-53-70,71-54-38-23-39-55-71)79-86(14)62-72(86)57-59-82(6,7)74-88(73-80(2)3,66-44-28-18-29-45-66)67-46-30-19-31-47-67/h16-55,63,72,80H,56-62H2,1-15H3. The highest BCUT2D eigenvalue weighted by Crippen LogP contribution is 2.55. The van der Waals surface area contributed by atoms with E-state index in [2.05, 4.69) is 341 Å². The van der Waals surface area contributed by atoms with Gasteiger partial charge in [-0.1, -0.05) is 262 Å². The van der Waals surface area contributed by atoms with Gasteiger partial charge >= 0.3 is 25.7 Å². The predicted molar refractivity (Wildman–Crippen MR) is 409 cm³/mol. The number of benzene rings is 8. The van der Waals surface area contributed by atoms with Gasteiger partial charge in [-0.25, -0.2) is 0 Å². The fraction of sp³-hybridized carbons (Fsp3) is 0.333. The monoisotopic (exact) mass is 1390 g/mol. The van der Waals surface area contributed by atoms with Crippen molar-refractivity contribution in [2.45, 2.75) is 153 Å². The van der Waals surface area contributed by atoms with Crippen molar-refractivity contribution in [2.75, 3.05) is 0 Å². The topological polar surface area (TPSA) is 64.6 Å². The molecule has 1 fully saturated rings. The molecule has 90 heavy (non-hydrogen) atoms. The van der Waals surface area contributed by atoms with Gasteiger partial charge in [0.2, 0.25) is 8.32 Å². The molecular weight excluding hydrogens is 1290 g/mol. The molecule has 8 aromatic rings. The van der Waals surface area contributed by atoms with Crippen LogP contribution in [0.1, 0.15) is 19.8 Å². The van der Waals surface area contributed by atoms with Crippen molar-refractivity contribution in [3.63, 3.8) is 0 Å². The molecule has 0 saturated carbocycles. The van der Waals surface area contributed by atoms with E-state index in [0.717, 1.165) is 43.1 Å². The molecule has 1 aliphatic rings. The molecule has 0 aromatic heterocycles. The predicted octanol–water partition coefficient (Wildman–Crippen LogP) is 14.4. The number of hydrogen-bond donors (Lipinski definition) is 0. The number of rotatable bonds is 32. The lowest BCUT2D eigenvalue weighted by molar-refractivity contribution is 0.400. The Labute approximate surface area is 554 Å². The van der Waals surface area contributed by atoms with Gasteiger partial charge in [-0.2, -0.15) is 0 Å². The van der Waals surface area contributed by atoms with Crippen LogP contribution < -0.4 is 41.5 Å². The summed E-state index contributed by atoms with van der Waals surface area (Å²) >= 11 is 0. The zero-order chi connectivity index (χ0) is 64.5. The Kier molecular flexibility index (Phi) is 22.8. The highest BCUT2D eigenvalue weighted by atomic mass is 28.5. The lowest BCUT2D eigenvalue weighted by atomic mass is 10.4. The molecule has 18 heteroatoms. The second kappa shape index (κ2) is 29.2. The van der Waals surface area contributed by atoms with Crippen molar-refractivity contribution >= 4 is 134 Å². The van der Waals surface area contributed by atoms with Crippen molar-refractivity contribution in [3.05, 3.63) is 243 Å². The average Bonchev–Trinajstić information content (AvgIpc) is 1.49. The fourth-order valence-electron chi connectivity index (χ4n) is 13.1. The van der Waals surface area contributed by atoms with E-state index in [1.807, 2.05) is 0 Å². The van der Waals surface area contributed by atoms with E-state index in [1.54, 1.807) is 0 Å². The van der Waals surface area contributed by atoms with Gasteiger partial charge < -0.3 is 28.8 Å². The summed E-state index contributed by atoms with van der Waals surface area (Å²) in [7, 11) is -28.3. The first kappa shape index (κ1) is 70.2. The minimum Gasteiger partial charge on any atom is -0.449 e. The lowest BCUT2D eigenvalue weighted by Gasteiger charge is -2.45. The second-order valence-corrected chi connectivity index (χ2v) is 71.4. The van der Waals surface area contributed by atoms with E-state index < -0.39 is 92.9 Å². The largest absolute Gasteiger partial charge is 0.449 e. The van der Waals surface area contributed by atoms with Crippen LogP contribution >= 0.6 is 0 Å². The first-order valence-corrected chi connectivity index (χ1v) is 61.8. The van der Waals surface area contributed by atoms with Gasteiger partial charge in [0, 0.05) is 0 Å². The molecule has 476 valence electrons. The van der Waals surface area contributed by atoms with E-state index >= 15 is 0 Å². The summed E-state index contributed by atoms with van der Waals surface area (Å²) in [6, 6.07) is 92.8. The van der Waals surface area contributed by atoms with Gasteiger partial charge in [0.25, 0.3) is 0 Å². The molecule has 1 aliphatic heterocycles. The molecular formula is C72H102O7Si11. The zero-order valence-corrected chi connectivity index (χ0v) is 67.8. The summed E-state index contributed by atoms with van der Waals surface area (Å²) < 4.78 is 55.2. The third-order valence-electron chi connectivity index (χ3n) is 18.6. The van der Waals surface area contributed by atoms with Gasteiger partial charge in [-0.05, 0) is 174 Å². The Morgan fingerprint density at radius 1 is 0.367 bits per heavy atom. The molecule has 0 amide bonds. The van der Waals surface area contributed by atoms with E-state index in [-0.39, 0.29) is 0 Å². The van der Waals surface area contributed by atoms with Gasteiger partial charge in [0.05, 0.1) is 0 Å². The summed E-state index contributed by atoms with van der Waals surface area (Å²) in [5.41, 5.74) is 0.888. The molecule has 9 rings (SSSR count). The van der Waals surface area contributed by atoms with E-state index in [4.69, 9.17) is 28.8 Å². The highest BCUT2D eigenvalue weighted by Gasteiger charge is 2.62. The van der Waals surface area contributed by atoms with Crippen LogP contribution in [0.15, 0.2) is 243 Å². The minimum absolute atomic E-state index is 0.394. The molecule has 7 nitrogen and oxygen atoms in total. The Morgan fingerprint density at radius 3 is 0.989 bits per heavy atom. The van der Waals surface area contributed by atoms with Crippen molar-refractivity contribution in [2.24, 2.45) is 0 Å². The van der Waals surface area contributed by atoms with Crippen molar-refractivity contribution in [1.82, 2.24) is 0 Å². The van der Waals surface area contributed by atoms with Crippen LogP contribution in [0.4, 0.5) is 0 Å². The third-order valence-corrected chi connectivity index (χ3v) is 63.5. The molecule has 0 spiro atoms. The van der Waals surface area contributed by atoms with Crippen LogP contribution in [-0.4, -0.2) is 92.9 Å². The van der Waals surface area contributed by atoms with Crippen LogP contribution in [-0.2, 0) is 28.8 Å². The quantitative estimate of drug-likeness (QED) is 0.0389. The molecule has 1 heterocycles. The van der Waals surface area contributed by atoms with Crippen molar-refractivity contribution in [1.29, 1.82) is 0 Å². The first-order valence-electron chi connectivity index (χ1n) is 33.0. The third kappa shape index (κ3) is 17.2. The lowest BCUT2D eigenvalue weighted by Crippen LogP contribution is -2.70. The highest BCUT2D eigenvalue weighted by molar-refractivity contribution is 7.06. The smallest absolute Gasteiger partial charge is 0.386 e. The van der Waals surface area contributed by atoms with Crippen molar-refractivity contribution in [3.8, 4) is 0 Å². The summed E-state index contributed by atoms with van der Waals surface area (Å²) in [6.07, 6.45) is 2.11. The Balaban J connectivity index is 0.959. The van der Waals surface area contributed by atoms with Crippen LogP contribution in [0, 0.1) is 0 Å². The maximum absolute atomic E-state index is 8.16. The zero-order valence-electron chi connectivity index (χ0n) is 56.6. The van der Waals surface area contributed by atoms with E-state index in [1.165, 1.54) is 41.5 Å². The maximum atomic E-state index is 8.16.